The number of esters is 1. The maximum absolute atomic E-state index is 12.3. The largest absolute Gasteiger partial charge is 0.506 e. The standard InChI is InChI=1S/C19H16N2O6/c1-8-4-12(23)26-18-14(8)17(25)15(9(2)22)19-16(18)11(5-13(24)27-19)10-6-20-21(3)7-10/h4,6-7,11,25H,5H2,1-3H3/t11-/m1/s1. The van der Waals surface area contributed by atoms with Crippen molar-refractivity contribution in [3.8, 4) is 11.5 Å². The predicted molar refractivity (Wildman–Crippen MR) is 94.2 cm³/mol. The van der Waals surface area contributed by atoms with Crippen molar-refractivity contribution >= 4 is 22.7 Å². The number of carbonyl (C=O) groups is 2. The van der Waals surface area contributed by atoms with Gasteiger partial charge in [-0.1, -0.05) is 0 Å². The van der Waals surface area contributed by atoms with E-state index in [1.54, 1.807) is 31.0 Å². The Morgan fingerprint density at radius 3 is 2.74 bits per heavy atom. The van der Waals surface area contributed by atoms with Crippen molar-refractivity contribution in [2.75, 3.05) is 0 Å². The highest BCUT2D eigenvalue weighted by Gasteiger charge is 2.37. The van der Waals surface area contributed by atoms with Gasteiger partial charge in [-0.15, -0.1) is 0 Å². The number of aryl methyl sites for hydroxylation is 2. The van der Waals surface area contributed by atoms with Crippen LogP contribution in [0.3, 0.4) is 0 Å². The molecule has 4 rings (SSSR count). The van der Waals surface area contributed by atoms with Crippen LogP contribution in [0.2, 0.25) is 0 Å². The van der Waals surface area contributed by atoms with Crippen LogP contribution in [0.25, 0.3) is 11.0 Å². The Morgan fingerprint density at radius 2 is 2.11 bits per heavy atom. The maximum Gasteiger partial charge on any atom is 0.336 e. The monoisotopic (exact) mass is 368 g/mol. The van der Waals surface area contributed by atoms with Crippen LogP contribution in [0.5, 0.6) is 11.5 Å². The lowest BCUT2D eigenvalue weighted by molar-refractivity contribution is -0.135. The van der Waals surface area contributed by atoms with E-state index in [1.807, 2.05) is 0 Å². The average Bonchev–Trinajstić information content (AvgIpc) is 2.99. The van der Waals surface area contributed by atoms with Crippen molar-refractivity contribution in [1.82, 2.24) is 9.78 Å². The molecule has 0 saturated heterocycles. The van der Waals surface area contributed by atoms with E-state index < -0.39 is 23.3 Å². The van der Waals surface area contributed by atoms with E-state index >= 15 is 0 Å². The molecule has 1 N–H and O–H groups in total. The number of fused-ring (bicyclic) bond motifs is 3. The lowest BCUT2D eigenvalue weighted by Crippen LogP contribution is -2.23. The van der Waals surface area contributed by atoms with Crippen molar-refractivity contribution < 1.29 is 23.8 Å². The van der Waals surface area contributed by atoms with Crippen LogP contribution in [0.15, 0.2) is 27.7 Å². The van der Waals surface area contributed by atoms with Gasteiger partial charge in [0, 0.05) is 30.8 Å². The number of ether oxygens (including phenoxy) is 1. The lowest BCUT2D eigenvalue weighted by Gasteiger charge is -2.27. The molecular weight excluding hydrogens is 352 g/mol. The third kappa shape index (κ3) is 2.52. The molecule has 1 atom stereocenters. The number of nitrogens with zero attached hydrogens (tertiary/aromatic N) is 2. The van der Waals surface area contributed by atoms with Gasteiger partial charge >= 0.3 is 11.6 Å². The van der Waals surface area contributed by atoms with Crippen molar-refractivity contribution in [1.29, 1.82) is 0 Å². The van der Waals surface area contributed by atoms with Gasteiger partial charge in [0.05, 0.1) is 18.0 Å². The molecule has 8 nitrogen and oxygen atoms in total. The molecule has 138 valence electrons. The van der Waals surface area contributed by atoms with Crippen LogP contribution in [0.1, 0.15) is 46.3 Å². The average molecular weight is 368 g/mol. The predicted octanol–water partition coefficient (Wildman–Crippen LogP) is 2.18. The van der Waals surface area contributed by atoms with Crippen LogP contribution >= 0.6 is 0 Å². The second-order valence-corrected chi connectivity index (χ2v) is 6.65. The quantitative estimate of drug-likeness (QED) is 0.319. The molecule has 0 fully saturated rings. The smallest absolute Gasteiger partial charge is 0.336 e. The SMILES string of the molecule is CC(=O)c1c2c(c3oc(=O)cc(C)c3c1O)[C@@H](c1cnn(C)c1)CC(=O)O2. The highest BCUT2D eigenvalue weighted by molar-refractivity contribution is 6.08. The molecular formula is C19H16N2O6. The van der Waals surface area contributed by atoms with Crippen molar-refractivity contribution in [3.63, 3.8) is 0 Å². The van der Waals surface area contributed by atoms with Crippen molar-refractivity contribution in [2.24, 2.45) is 7.05 Å². The van der Waals surface area contributed by atoms with Gasteiger partial charge in [-0.25, -0.2) is 4.79 Å². The lowest BCUT2D eigenvalue weighted by atomic mass is 9.84. The minimum atomic E-state index is -0.598. The molecule has 0 bridgehead atoms. The Morgan fingerprint density at radius 1 is 1.37 bits per heavy atom. The highest BCUT2D eigenvalue weighted by atomic mass is 16.5. The van der Waals surface area contributed by atoms with Gasteiger partial charge in [-0.3, -0.25) is 14.3 Å². The molecule has 3 aromatic rings. The molecule has 0 spiro atoms. The van der Waals surface area contributed by atoms with Crippen molar-refractivity contribution in [2.45, 2.75) is 26.2 Å². The molecule has 3 heterocycles. The maximum atomic E-state index is 12.3. The highest BCUT2D eigenvalue weighted by Crippen LogP contribution is 2.49. The number of hydrogen-bond acceptors (Lipinski definition) is 7. The zero-order valence-corrected chi connectivity index (χ0v) is 14.9. The van der Waals surface area contributed by atoms with E-state index in [9.17, 15) is 19.5 Å². The summed E-state index contributed by atoms with van der Waals surface area (Å²) in [4.78, 5) is 36.5. The molecule has 0 unspecified atom stereocenters. The number of benzene rings is 1. The summed E-state index contributed by atoms with van der Waals surface area (Å²) in [5.41, 5.74) is 0.975. The summed E-state index contributed by atoms with van der Waals surface area (Å²) >= 11 is 0. The van der Waals surface area contributed by atoms with Gasteiger partial charge in [0.15, 0.2) is 11.5 Å². The third-order valence-corrected chi connectivity index (χ3v) is 4.76. The summed E-state index contributed by atoms with van der Waals surface area (Å²) < 4.78 is 12.3. The van der Waals surface area contributed by atoms with Gasteiger partial charge in [0.1, 0.15) is 16.9 Å². The van der Waals surface area contributed by atoms with Gasteiger partial charge in [0.25, 0.3) is 0 Å². The second-order valence-electron chi connectivity index (χ2n) is 6.65. The molecule has 2 aromatic heterocycles. The number of aromatic hydroxyl groups is 1. The molecule has 0 aliphatic carbocycles. The molecule has 0 radical (unpaired) electrons. The third-order valence-electron chi connectivity index (χ3n) is 4.76. The first-order valence-corrected chi connectivity index (χ1v) is 8.31. The summed E-state index contributed by atoms with van der Waals surface area (Å²) in [5, 5.41) is 15.1. The Balaban J connectivity index is 2.20. The fourth-order valence-corrected chi connectivity index (χ4v) is 3.64. The van der Waals surface area contributed by atoms with E-state index in [0.717, 1.165) is 0 Å². The van der Waals surface area contributed by atoms with Gasteiger partial charge in [0.2, 0.25) is 0 Å². The summed E-state index contributed by atoms with van der Waals surface area (Å²) in [5.74, 6) is -1.96. The topological polar surface area (TPSA) is 112 Å². The molecule has 8 heteroatoms. The van der Waals surface area contributed by atoms with Gasteiger partial charge in [-0.05, 0) is 25.0 Å². The zero-order chi connectivity index (χ0) is 19.5. The fraction of sp³-hybridized carbons (Fsp3) is 0.263. The Kier molecular flexibility index (Phi) is 3.66. The van der Waals surface area contributed by atoms with E-state index in [2.05, 4.69) is 5.10 Å². The van der Waals surface area contributed by atoms with Crippen LogP contribution in [-0.4, -0.2) is 26.6 Å². The Hall–Kier alpha value is -3.42. The minimum Gasteiger partial charge on any atom is -0.506 e. The molecule has 1 aliphatic rings. The molecule has 27 heavy (non-hydrogen) atoms. The van der Waals surface area contributed by atoms with E-state index in [1.165, 1.54) is 13.0 Å². The molecule has 1 aliphatic heterocycles. The van der Waals surface area contributed by atoms with Gasteiger partial charge in [-0.2, -0.15) is 5.10 Å². The number of phenols is 1. The van der Waals surface area contributed by atoms with E-state index in [0.29, 0.717) is 16.7 Å². The first kappa shape index (κ1) is 17.0. The normalized spacial score (nSPS) is 16.3. The minimum absolute atomic E-state index is 0.00638. The number of aromatic nitrogens is 2. The zero-order valence-electron chi connectivity index (χ0n) is 14.9. The van der Waals surface area contributed by atoms with E-state index in [4.69, 9.17) is 9.15 Å². The first-order valence-electron chi connectivity index (χ1n) is 8.31. The van der Waals surface area contributed by atoms with Crippen LogP contribution in [-0.2, 0) is 11.8 Å². The molecule has 1 aromatic carbocycles. The summed E-state index contributed by atoms with van der Waals surface area (Å²) in [6.07, 6.45) is 3.34. The Bertz CT molecular complexity index is 1190. The van der Waals surface area contributed by atoms with Crippen LogP contribution < -0.4 is 10.4 Å². The number of Topliss-reactive ketones (excluding diaryl/α,β-unsaturated/α-hetero) is 1. The van der Waals surface area contributed by atoms with Gasteiger partial charge < -0.3 is 14.3 Å². The summed E-state index contributed by atoms with van der Waals surface area (Å²) in [7, 11) is 1.74. The Labute approximate surface area is 153 Å². The number of ketones is 1. The molecule has 0 saturated carbocycles. The van der Waals surface area contributed by atoms with Crippen LogP contribution in [0, 0.1) is 6.92 Å². The number of carbonyl (C=O) groups excluding carboxylic acids is 2. The number of phenolic OH excluding ortho intramolecular Hbond substituents is 1. The summed E-state index contributed by atoms with van der Waals surface area (Å²) in [6, 6.07) is 1.24. The second kappa shape index (κ2) is 5.80. The fourth-order valence-electron chi connectivity index (χ4n) is 3.64. The summed E-state index contributed by atoms with van der Waals surface area (Å²) in [6.45, 7) is 2.92. The molecule has 0 amide bonds. The van der Waals surface area contributed by atoms with Crippen LogP contribution in [0.4, 0.5) is 0 Å². The number of rotatable bonds is 2. The first-order chi connectivity index (χ1) is 12.8. The van der Waals surface area contributed by atoms with E-state index in [-0.39, 0.29) is 34.5 Å². The van der Waals surface area contributed by atoms with Crippen molar-refractivity contribution in [3.05, 3.63) is 51.1 Å². The number of hydrogen-bond donors (Lipinski definition) is 1.